The first kappa shape index (κ1) is 70.3. The number of fused-ring (bicyclic) bond motifs is 9. The van der Waals surface area contributed by atoms with E-state index in [0.717, 1.165) is 45.5 Å². The Morgan fingerprint density at radius 2 is 0.339 bits per heavy atom. The molecule has 0 aliphatic rings. The number of anilines is 6. The molecule has 118 heavy (non-hydrogen) atoms. The minimum atomic E-state index is 1.09. The third-order valence-corrected chi connectivity index (χ3v) is 23.4. The van der Waals surface area contributed by atoms with Crippen LogP contribution in [0.1, 0.15) is 0 Å². The van der Waals surface area contributed by atoms with E-state index in [1.54, 1.807) is 0 Å². The van der Waals surface area contributed by atoms with Gasteiger partial charge in [-0.25, -0.2) is 0 Å². The van der Waals surface area contributed by atoms with Crippen LogP contribution in [-0.2, 0) is 0 Å². The third-order valence-electron chi connectivity index (χ3n) is 23.4. The molecule has 0 spiro atoms. The summed E-state index contributed by atoms with van der Waals surface area (Å²) in [4.78, 5) is 4.74. The van der Waals surface area contributed by atoms with Crippen LogP contribution in [0.15, 0.2) is 473 Å². The van der Waals surface area contributed by atoms with E-state index in [0.29, 0.717) is 0 Å². The molecule has 0 saturated carbocycles. The number of hydrogen-bond acceptors (Lipinski definition) is 2. The molecule has 22 rings (SSSR count). The number of para-hydroxylation sites is 4. The van der Waals surface area contributed by atoms with Crippen molar-refractivity contribution >= 4 is 110 Å². The molecule has 0 saturated heterocycles. The summed E-state index contributed by atoms with van der Waals surface area (Å²) < 4.78 is 4.78. The number of rotatable bonds is 15. The summed E-state index contributed by atoms with van der Waals surface area (Å²) in [6.07, 6.45) is 0. The fourth-order valence-electron chi connectivity index (χ4n) is 17.4. The number of hydrogen-bond donors (Lipinski definition) is 0. The molecule has 554 valence electrons. The summed E-state index contributed by atoms with van der Waals surface area (Å²) in [7, 11) is 0. The first-order valence-corrected chi connectivity index (χ1v) is 40.5. The highest BCUT2D eigenvalue weighted by Crippen LogP contribution is 2.44. The highest BCUT2D eigenvalue weighted by atomic mass is 15.2. The van der Waals surface area contributed by atoms with E-state index < -0.39 is 0 Å². The first-order valence-electron chi connectivity index (χ1n) is 40.5. The lowest BCUT2D eigenvalue weighted by Gasteiger charge is -2.26. The van der Waals surface area contributed by atoms with Gasteiger partial charge in [0.25, 0.3) is 0 Å². The van der Waals surface area contributed by atoms with Gasteiger partial charge >= 0.3 is 0 Å². The van der Waals surface area contributed by atoms with Gasteiger partial charge in [-0.2, -0.15) is 0 Å². The zero-order valence-corrected chi connectivity index (χ0v) is 64.8. The fourth-order valence-corrected chi connectivity index (χ4v) is 17.4. The number of benzene rings is 20. The van der Waals surface area contributed by atoms with Crippen molar-refractivity contribution in [2.24, 2.45) is 0 Å². The Labute approximate surface area is 686 Å². The highest BCUT2D eigenvalue weighted by molar-refractivity contribution is 6.11. The zero-order chi connectivity index (χ0) is 78.2. The molecular weight excluding hydrogens is 1430 g/mol. The second-order valence-electron chi connectivity index (χ2n) is 30.4. The van der Waals surface area contributed by atoms with Crippen LogP contribution in [0.3, 0.4) is 0 Å². The topological polar surface area (TPSA) is 16.3 Å². The molecule has 2 aromatic heterocycles. The lowest BCUT2D eigenvalue weighted by atomic mass is 9.98. The lowest BCUT2D eigenvalue weighted by Crippen LogP contribution is -2.10. The monoisotopic (exact) mass is 1500 g/mol. The Morgan fingerprint density at radius 1 is 0.127 bits per heavy atom. The predicted molar refractivity (Wildman–Crippen MR) is 501 cm³/mol. The van der Waals surface area contributed by atoms with Crippen LogP contribution in [0.4, 0.5) is 34.1 Å². The van der Waals surface area contributed by atoms with Crippen LogP contribution in [-0.4, -0.2) is 9.13 Å². The Kier molecular flexibility index (Phi) is 18.3. The highest BCUT2D eigenvalue weighted by Gasteiger charge is 2.21. The van der Waals surface area contributed by atoms with Crippen LogP contribution >= 0.6 is 0 Å². The van der Waals surface area contributed by atoms with Crippen molar-refractivity contribution < 1.29 is 0 Å². The van der Waals surface area contributed by atoms with Gasteiger partial charge < -0.3 is 18.9 Å². The van der Waals surface area contributed by atoms with Crippen molar-refractivity contribution in [1.29, 1.82) is 0 Å². The molecule has 4 heteroatoms. The summed E-state index contributed by atoms with van der Waals surface area (Å²) in [5.74, 6) is 0. The molecule has 4 nitrogen and oxygen atoms in total. The minimum absolute atomic E-state index is 1.09. The molecule has 0 unspecified atom stereocenters. The molecule has 0 amide bonds. The van der Waals surface area contributed by atoms with Gasteiger partial charge in [0.1, 0.15) is 0 Å². The second kappa shape index (κ2) is 30.7. The zero-order valence-electron chi connectivity index (χ0n) is 64.8. The van der Waals surface area contributed by atoms with Gasteiger partial charge in [-0.15, -0.1) is 0 Å². The Balaban J connectivity index is 0.000000147. The van der Waals surface area contributed by atoms with Gasteiger partial charge in [0.2, 0.25) is 0 Å². The van der Waals surface area contributed by atoms with E-state index in [2.05, 4.69) is 492 Å². The molecular formula is C114H78N4. The molecule has 0 fully saturated rings. The predicted octanol–water partition coefficient (Wildman–Crippen LogP) is 31.6. The molecule has 20 aromatic carbocycles. The normalized spacial score (nSPS) is 11.4. The van der Waals surface area contributed by atoms with Crippen LogP contribution in [0, 0.1) is 0 Å². The summed E-state index contributed by atoms with van der Waals surface area (Å²) in [6, 6.07) is 172. The Hall–Kier alpha value is -15.6. The van der Waals surface area contributed by atoms with E-state index in [1.165, 1.54) is 154 Å². The largest absolute Gasteiger partial charge is 0.310 e. The smallest absolute Gasteiger partial charge is 0.0541 e. The van der Waals surface area contributed by atoms with Crippen molar-refractivity contribution in [3.63, 3.8) is 0 Å². The van der Waals surface area contributed by atoms with Crippen molar-refractivity contribution in [2.75, 3.05) is 9.80 Å². The maximum atomic E-state index is 2.39. The number of nitrogens with zero attached hydrogens (tertiary/aromatic N) is 4. The van der Waals surface area contributed by atoms with Crippen molar-refractivity contribution in [1.82, 2.24) is 9.13 Å². The molecule has 2 heterocycles. The SMILES string of the molecule is c1cc(N(c2ccc(-c3ccc(-c4ccc5ccccc5c4)cc3)cc2)c2ccc(-c3ccc4ccccc4c3)cc2)cc(-n2c3ccccc3c3ccccc32)c1.c1ccc(-c2ccc(-c3ccc(N(c4ccc(-c5ccc(-c6ccc7ccccc7c6)cc5)cc4)c4cccc(-n5c6ccccc6c6ccccc65)c4)cc3)cc2)cc1. The molecule has 22 aromatic rings. The maximum Gasteiger partial charge on any atom is 0.0541 e. The van der Waals surface area contributed by atoms with E-state index in [9.17, 15) is 0 Å². The summed E-state index contributed by atoms with van der Waals surface area (Å²) in [6.45, 7) is 0. The Morgan fingerprint density at radius 3 is 0.619 bits per heavy atom. The van der Waals surface area contributed by atoms with E-state index in [-0.39, 0.29) is 0 Å². The van der Waals surface area contributed by atoms with E-state index >= 15 is 0 Å². The quantitative estimate of drug-likeness (QED) is 0.102. The average Bonchev–Trinajstić information content (AvgIpc) is 1.58. The van der Waals surface area contributed by atoms with Gasteiger partial charge in [-0.05, 0) is 238 Å². The van der Waals surface area contributed by atoms with Gasteiger partial charge in [-0.3, -0.25) is 0 Å². The van der Waals surface area contributed by atoms with Gasteiger partial charge in [0.05, 0.1) is 22.1 Å². The third kappa shape index (κ3) is 13.6. The molecule has 0 atom stereocenters. The molecule has 0 aliphatic heterocycles. The molecule has 0 bridgehead atoms. The second-order valence-corrected chi connectivity index (χ2v) is 30.4. The van der Waals surface area contributed by atoms with Crippen LogP contribution in [0.2, 0.25) is 0 Å². The molecule has 0 N–H and O–H groups in total. The first-order chi connectivity index (χ1) is 58.5. The van der Waals surface area contributed by atoms with Crippen molar-refractivity contribution in [3.8, 4) is 89.3 Å². The van der Waals surface area contributed by atoms with Crippen molar-refractivity contribution in [2.45, 2.75) is 0 Å². The fraction of sp³-hybridized carbons (Fsp3) is 0. The Bertz CT molecular complexity index is 7320. The van der Waals surface area contributed by atoms with Gasteiger partial charge in [0.15, 0.2) is 0 Å². The van der Waals surface area contributed by atoms with Crippen LogP contribution in [0.25, 0.3) is 165 Å². The molecule has 0 aliphatic carbocycles. The van der Waals surface area contributed by atoms with E-state index in [4.69, 9.17) is 0 Å². The van der Waals surface area contributed by atoms with Gasteiger partial charge in [0, 0.05) is 67.0 Å². The molecule has 0 radical (unpaired) electrons. The van der Waals surface area contributed by atoms with Crippen molar-refractivity contribution in [3.05, 3.63) is 473 Å². The summed E-state index contributed by atoms with van der Waals surface area (Å²) in [5, 5.41) is 12.5. The van der Waals surface area contributed by atoms with Gasteiger partial charge in [-0.1, -0.05) is 346 Å². The summed E-state index contributed by atoms with van der Waals surface area (Å²) >= 11 is 0. The van der Waals surface area contributed by atoms with E-state index in [1.807, 2.05) is 0 Å². The van der Waals surface area contributed by atoms with Crippen LogP contribution in [0.5, 0.6) is 0 Å². The minimum Gasteiger partial charge on any atom is -0.310 e. The average molecular weight is 1500 g/mol. The summed E-state index contributed by atoms with van der Waals surface area (Å²) in [5.41, 5.74) is 30.4. The number of aromatic nitrogens is 2. The standard InChI is InChI=1S/C58H40N2.C56H38N2/c1-2-11-41(12-3-1)43-21-23-44(24-22-43)46-31-35-51(36-32-46)59(53-15-10-16-54(40-53)60-57-19-8-6-17-55(57)56-18-7-9-20-58(56)60)52-37-33-47(34-38-52)45-25-27-48(28-26-45)50-30-29-42-13-4-5-14-49(42)39-50;1-3-12-45-36-47(26-24-39(45)10-1)43-22-20-41(21-23-43)42-28-32-49(33-29-42)57(50-34-30-44(31-35-50)48-27-25-40-11-2-4-13-46(40)37-48)51-14-9-15-52(38-51)58-55-18-7-5-16-53(55)54-17-6-8-19-56(54)58/h1-40H;1-38H. The van der Waals surface area contributed by atoms with Crippen LogP contribution < -0.4 is 9.80 Å². The maximum absolute atomic E-state index is 2.39. The lowest BCUT2D eigenvalue weighted by molar-refractivity contribution is 1.17.